The van der Waals surface area contributed by atoms with E-state index in [2.05, 4.69) is 6.07 Å². The maximum absolute atomic E-state index is 12.8. The molecule has 0 aliphatic rings. The smallest absolute Gasteiger partial charge is 0.123 e. The van der Waals surface area contributed by atoms with E-state index in [1.54, 1.807) is 6.07 Å². The molecular weight excluding hydrogens is 177 g/mol. The predicted octanol–water partition coefficient (Wildman–Crippen LogP) is 3.04. The summed E-state index contributed by atoms with van der Waals surface area (Å²) in [7, 11) is 0. The third-order valence-electron chi connectivity index (χ3n) is 2.15. The summed E-state index contributed by atoms with van der Waals surface area (Å²) in [6, 6.07) is 12.3. The lowest BCUT2D eigenvalue weighted by atomic mass is 10.1. The molecule has 0 saturated carbocycles. The van der Waals surface area contributed by atoms with Gasteiger partial charge in [-0.25, -0.2) is 4.39 Å². The van der Waals surface area contributed by atoms with Crippen molar-refractivity contribution >= 4 is 10.8 Å². The Morgan fingerprint density at radius 2 is 1.79 bits per heavy atom. The van der Waals surface area contributed by atoms with Gasteiger partial charge in [-0.1, -0.05) is 24.3 Å². The van der Waals surface area contributed by atoms with E-state index in [1.165, 1.54) is 12.1 Å². The molecule has 0 unspecified atom stereocenters. The monoisotopic (exact) mass is 185 g/mol. The first kappa shape index (κ1) is 8.71. The molecule has 0 bridgehead atoms. The number of halogens is 1. The number of hydrogen-bond acceptors (Lipinski definition) is 1. The van der Waals surface area contributed by atoms with Crippen LogP contribution in [0.3, 0.4) is 0 Å². The summed E-state index contributed by atoms with van der Waals surface area (Å²) < 4.78 is 12.8. The van der Waals surface area contributed by atoms with Gasteiger partial charge in [-0.15, -0.1) is 0 Å². The third-order valence-corrected chi connectivity index (χ3v) is 2.15. The molecule has 0 atom stereocenters. The Kier molecular flexibility index (Phi) is 2.16. The van der Waals surface area contributed by atoms with Crippen molar-refractivity contribution < 1.29 is 4.39 Å². The van der Waals surface area contributed by atoms with Gasteiger partial charge in [0, 0.05) is 0 Å². The van der Waals surface area contributed by atoms with E-state index in [9.17, 15) is 4.39 Å². The van der Waals surface area contributed by atoms with E-state index < -0.39 is 0 Å². The molecule has 0 fully saturated rings. The third kappa shape index (κ3) is 1.57. The number of fused-ring (bicyclic) bond motifs is 1. The quantitative estimate of drug-likeness (QED) is 0.669. The second-order valence-electron chi connectivity index (χ2n) is 3.16. The van der Waals surface area contributed by atoms with Crippen molar-refractivity contribution in [2.45, 2.75) is 6.42 Å². The van der Waals surface area contributed by atoms with E-state index in [0.717, 1.165) is 16.3 Å². The van der Waals surface area contributed by atoms with Crippen LogP contribution in [0.5, 0.6) is 0 Å². The molecule has 0 aliphatic heterocycles. The summed E-state index contributed by atoms with van der Waals surface area (Å²) in [6.07, 6.45) is 0.396. The molecule has 68 valence electrons. The zero-order valence-corrected chi connectivity index (χ0v) is 7.50. The highest BCUT2D eigenvalue weighted by atomic mass is 19.1. The number of benzene rings is 2. The van der Waals surface area contributed by atoms with Crippen molar-refractivity contribution in [3.05, 3.63) is 47.8 Å². The van der Waals surface area contributed by atoms with Gasteiger partial charge in [0.2, 0.25) is 0 Å². The maximum Gasteiger partial charge on any atom is 0.123 e. The maximum atomic E-state index is 12.8. The molecule has 2 aromatic rings. The highest BCUT2D eigenvalue weighted by molar-refractivity contribution is 5.83. The van der Waals surface area contributed by atoms with Gasteiger partial charge < -0.3 is 0 Å². The van der Waals surface area contributed by atoms with Crippen molar-refractivity contribution in [2.75, 3.05) is 0 Å². The van der Waals surface area contributed by atoms with Crippen LogP contribution in [-0.4, -0.2) is 0 Å². The van der Waals surface area contributed by atoms with Crippen LogP contribution in [0.25, 0.3) is 10.8 Å². The first-order chi connectivity index (χ1) is 6.79. The summed E-state index contributed by atoms with van der Waals surface area (Å²) in [4.78, 5) is 0. The largest absolute Gasteiger partial charge is 0.207 e. The summed E-state index contributed by atoms with van der Waals surface area (Å²) in [6.45, 7) is 0. The summed E-state index contributed by atoms with van der Waals surface area (Å²) in [5.74, 6) is -0.231. The minimum Gasteiger partial charge on any atom is -0.207 e. The highest BCUT2D eigenvalue weighted by Crippen LogP contribution is 2.17. The number of nitrogens with zero attached hydrogens (tertiary/aromatic N) is 1. The van der Waals surface area contributed by atoms with Gasteiger partial charge in [-0.2, -0.15) is 5.26 Å². The second-order valence-corrected chi connectivity index (χ2v) is 3.16. The van der Waals surface area contributed by atoms with E-state index in [1.807, 2.05) is 18.2 Å². The van der Waals surface area contributed by atoms with Crippen molar-refractivity contribution in [1.29, 1.82) is 5.26 Å². The fraction of sp³-hybridized carbons (Fsp3) is 0.0833. The summed E-state index contributed by atoms with van der Waals surface area (Å²) >= 11 is 0. The average Bonchev–Trinajstić information content (AvgIpc) is 2.19. The fourth-order valence-electron chi connectivity index (χ4n) is 1.47. The molecule has 2 heteroatoms. The molecule has 0 N–H and O–H groups in total. The number of rotatable bonds is 1. The SMILES string of the molecule is N#CCc1ccc2cc(F)ccc2c1. The molecule has 0 heterocycles. The van der Waals surface area contributed by atoms with E-state index >= 15 is 0 Å². The van der Waals surface area contributed by atoms with Crippen molar-refractivity contribution in [3.8, 4) is 6.07 Å². The molecule has 0 saturated heterocycles. The van der Waals surface area contributed by atoms with Crippen LogP contribution in [0.2, 0.25) is 0 Å². The van der Waals surface area contributed by atoms with Gasteiger partial charge in [0.25, 0.3) is 0 Å². The van der Waals surface area contributed by atoms with Crippen LogP contribution < -0.4 is 0 Å². The normalized spacial score (nSPS) is 10.0. The van der Waals surface area contributed by atoms with Crippen molar-refractivity contribution in [2.24, 2.45) is 0 Å². The van der Waals surface area contributed by atoms with E-state index in [4.69, 9.17) is 5.26 Å². The lowest BCUT2D eigenvalue weighted by molar-refractivity contribution is 0.630. The van der Waals surface area contributed by atoms with Gasteiger partial charge in [-0.3, -0.25) is 0 Å². The van der Waals surface area contributed by atoms with Gasteiger partial charge in [0.15, 0.2) is 0 Å². The Labute approximate surface area is 81.4 Å². The molecular formula is C12H8FN. The Morgan fingerprint density at radius 3 is 2.57 bits per heavy atom. The molecule has 2 aromatic carbocycles. The van der Waals surface area contributed by atoms with Crippen LogP contribution in [0, 0.1) is 17.1 Å². The molecule has 0 radical (unpaired) electrons. The molecule has 2 rings (SSSR count). The lowest BCUT2D eigenvalue weighted by Gasteiger charge is -1.99. The summed E-state index contributed by atoms with van der Waals surface area (Å²) in [5.41, 5.74) is 0.964. The van der Waals surface area contributed by atoms with Crippen LogP contribution in [0.4, 0.5) is 4.39 Å². The van der Waals surface area contributed by atoms with E-state index in [-0.39, 0.29) is 5.82 Å². The summed E-state index contributed by atoms with van der Waals surface area (Å²) in [5, 5.41) is 10.4. The molecule has 0 aromatic heterocycles. The Morgan fingerprint density at radius 1 is 1.07 bits per heavy atom. The first-order valence-electron chi connectivity index (χ1n) is 4.35. The average molecular weight is 185 g/mol. The molecule has 0 amide bonds. The number of hydrogen-bond donors (Lipinski definition) is 0. The minimum atomic E-state index is -0.231. The number of nitriles is 1. The van der Waals surface area contributed by atoms with E-state index in [0.29, 0.717) is 6.42 Å². The van der Waals surface area contributed by atoms with Gasteiger partial charge in [0.05, 0.1) is 12.5 Å². The van der Waals surface area contributed by atoms with Gasteiger partial charge >= 0.3 is 0 Å². The van der Waals surface area contributed by atoms with Crippen LogP contribution in [-0.2, 0) is 6.42 Å². The van der Waals surface area contributed by atoms with Gasteiger partial charge in [0.1, 0.15) is 5.82 Å². The lowest BCUT2D eigenvalue weighted by Crippen LogP contribution is -1.82. The molecule has 0 spiro atoms. The second kappa shape index (κ2) is 3.47. The first-order valence-corrected chi connectivity index (χ1v) is 4.35. The molecule has 0 aliphatic carbocycles. The zero-order valence-electron chi connectivity index (χ0n) is 7.50. The Hall–Kier alpha value is -1.88. The van der Waals surface area contributed by atoms with Crippen LogP contribution >= 0.6 is 0 Å². The predicted molar refractivity (Wildman–Crippen MR) is 53.2 cm³/mol. The molecule has 14 heavy (non-hydrogen) atoms. The standard InChI is InChI=1S/C12H8FN/c13-12-4-3-10-7-9(5-6-14)1-2-11(10)8-12/h1-4,7-8H,5H2. The molecule has 1 nitrogen and oxygen atoms in total. The van der Waals surface area contributed by atoms with Gasteiger partial charge in [-0.05, 0) is 28.5 Å². The Balaban J connectivity index is 2.57. The van der Waals surface area contributed by atoms with Crippen LogP contribution in [0.1, 0.15) is 5.56 Å². The van der Waals surface area contributed by atoms with Crippen LogP contribution in [0.15, 0.2) is 36.4 Å². The highest BCUT2D eigenvalue weighted by Gasteiger charge is 1.97. The zero-order chi connectivity index (χ0) is 9.97. The van der Waals surface area contributed by atoms with Crippen molar-refractivity contribution in [1.82, 2.24) is 0 Å². The van der Waals surface area contributed by atoms with Crippen molar-refractivity contribution in [3.63, 3.8) is 0 Å². The topological polar surface area (TPSA) is 23.8 Å². The fourth-order valence-corrected chi connectivity index (χ4v) is 1.47. The Bertz CT molecular complexity index is 511. The minimum absolute atomic E-state index is 0.231.